The first-order chi connectivity index (χ1) is 12.4. The fourth-order valence-corrected chi connectivity index (χ4v) is 6.11. The Hall–Kier alpha value is -1.18. The van der Waals surface area contributed by atoms with E-state index < -0.39 is 21.8 Å². The first-order valence-electron chi connectivity index (χ1n) is 9.66. The maximum Gasteiger partial charge on any atom is 0.397 e. The summed E-state index contributed by atoms with van der Waals surface area (Å²) in [6, 6.07) is 0. The van der Waals surface area contributed by atoms with Crippen molar-refractivity contribution in [3.63, 3.8) is 0 Å². The standard InChI is InChI=1S/C20H30O6S/c1-18(11-12-26-27(23,24)25)10-7-15-14(13-18)5-6-16-19(15,2)8-4-9-20(16,3)17(21)22/h5-6,13,15-16H,4,7-12H2,1-3H3,(H,21,22)(H,23,24,25). The fraction of sp³-hybridized carbons (Fsp3) is 0.750. The second kappa shape index (κ2) is 6.71. The zero-order valence-electron chi connectivity index (χ0n) is 16.3. The Morgan fingerprint density at radius 3 is 2.59 bits per heavy atom. The molecule has 1 saturated carbocycles. The summed E-state index contributed by atoms with van der Waals surface area (Å²) in [4.78, 5) is 12.0. The van der Waals surface area contributed by atoms with E-state index in [1.807, 2.05) is 6.92 Å². The Kier molecular flexibility index (Phi) is 5.11. The molecule has 0 aromatic carbocycles. The number of carbonyl (C=O) groups is 1. The second-order valence-corrected chi connectivity index (χ2v) is 10.4. The maximum atomic E-state index is 12.0. The van der Waals surface area contributed by atoms with Crippen molar-refractivity contribution in [2.24, 2.45) is 28.1 Å². The highest BCUT2D eigenvalue weighted by Gasteiger charge is 2.57. The van der Waals surface area contributed by atoms with Crippen molar-refractivity contribution < 1.29 is 27.1 Å². The average molecular weight is 399 g/mol. The van der Waals surface area contributed by atoms with Gasteiger partial charge in [0.25, 0.3) is 0 Å². The fourth-order valence-electron chi connectivity index (χ4n) is 5.81. The number of hydrogen-bond donors (Lipinski definition) is 2. The Morgan fingerprint density at radius 2 is 1.96 bits per heavy atom. The zero-order valence-corrected chi connectivity index (χ0v) is 17.1. The smallest absolute Gasteiger partial charge is 0.397 e. The molecule has 7 heteroatoms. The van der Waals surface area contributed by atoms with Crippen LogP contribution in [0.15, 0.2) is 23.8 Å². The van der Waals surface area contributed by atoms with Crippen molar-refractivity contribution >= 4 is 16.4 Å². The molecular formula is C20H30O6S. The predicted molar refractivity (Wildman–Crippen MR) is 101 cm³/mol. The third-order valence-corrected chi connectivity index (χ3v) is 7.87. The molecule has 5 unspecified atom stereocenters. The summed E-state index contributed by atoms with van der Waals surface area (Å²) in [7, 11) is -4.41. The number of carboxylic acids is 1. The van der Waals surface area contributed by atoms with Crippen LogP contribution in [0.4, 0.5) is 0 Å². The van der Waals surface area contributed by atoms with Gasteiger partial charge in [0.2, 0.25) is 0 Å². The second-order valence-electron chi connectivity index (χ2n) is 9.31. The molecule has 3 rings (SSSR count). The Morgan fingerprint density at radius 1 is 1.26 bits per heavy atom. The monoisotopic (exact) mass is 398 g/mol. The first-order valence-corrected chi connectivity index (χ1v) is 11.0. The highest BCUT2D eigenvalue weighted by molar-refractivity contribution is 7.80. The molecule has 0 aromatic heterocycles. The van der Waals surface area contributed by atoms with Crippen LogP contribution in [-0.4, -0.2) is 30.7 Å². The third kappa shape index (κ3) is 3.74. The van der Waals surface area contributed by atoms with Gasteiger partial charge in [0.1, 0.15) is 0 Å². The van der Waals surface area contributed by atoms with E-state index >= 15 is 0 Å². The highest BCUT2D eigenvalue weighted by Crippen LogP contribution is 2.62. The van der Waals surface area contributed by atoms with Crippen molar-refractivity contribution in [3.05, 3.63) is 23.8 Å². The van der Waals surface area contributed by atoms with Gasteiger partial charge in [0.05, 0.1) is 12.0 Å². The molecular weight excluding hydrogens is 368 g/mol. The molecule has 27 heavy (non-hydrogen) atoms. The van der Waals surface area contributed by atoms with E-state index in [4.69, 9.17) is 4.55 Å². The van der Waals surface area contributed by atoms with Crippen molar-refractivity contribution in [2.75, 3.05) is 6.61 Å². The van der Waals surface area contributed by atoms with Crippen LogP contribution in [-0.2, 0) is 19.4 Å². The van der Waals surface area contributed by atoms with Crippen LogP contribution in [0.2, 0.25) is 0 Å². The van der Waals surface area contributed by atoms with Crippen LogP contribution < -0.4 is 0 Å². The summed E-state index contributed by atoms with van der Waals surface area (Å²) in [5.41, 5.74) is 0.232. The largest absolute Gasteiger partial charge is 0.481 e. The predicted octanol–water partition coefficient (Wildman–Crippen LogP) is 4.01. The van der Waals surface area contributed by atoms with Crippen molar-refractivity contribution in [1.82, 2.24) is 0 Å². The minimum Gasteiger partial charge on any atom is -0.481 e. The normalized spacial score (nSPS) is 41.4. The lowest BCUT2D eigenvalue weighted by atomic mass is 9.47. The van der Waals surface area contributed by atoms with Gasteiger partial charge in [0, 0.05) is 0 Å². The average Bonchev–Trinajstić information content (AvgIpc) is 2.52. The summed E-state index contributed by atoms with van der Waals surface area (Å²) >= 11 is 0. The van der Waals surface area contributed by atoms with E-state index in [0.717, 1.165) is 25.7 Å². The van der Waals surface area contributed by atoms with Crippen molar-refractivity contribution in [1.29, 1.82) is 0 Å². The number of carboxylic acid groups (broad SMARTS) is 1. The van der Waals surface area contributed by atoms with Crippen LogP contribution in [0.25, 0.3) is 0 Å². The van der Waals surface area contributed by atoms with Gasteiger partial charge >= 0.3 is 16.4 Å². The molecule has 152 valence electrons. The molecule has 0 aliphatic heterocycles. The molecule has 0 amide bonds. The minimum absolute atomic E-state index is 0.0191. The number of rotatable bonds is 5. The molecule has 2 N–H and O–H groups in total. The molecule has 0 bridgehead atoms. The van der Waals surface area contributed by atoms with Gasteiger partial charge in [-0.15, -0.1) is 0 Å². The van der Waals surface area contributed by atoms with Gasteiger partial charge in [0.15, 0.2) is 0 Å². The zero-order chi connectivity index (χ0) is 20.1. The summed E-state index contributed by atoms with van der Waals surface area (Å²) in [5.74, 6) is -0.369. The molecule has 0 heterocycles. The molecule has 0 radical (unpaired) electrons. The van der Waals surface area contributed by atoms with E-state index in [0.29, 0.717) is 18.8 Å². The van der Waals surface area contributed by atoms with Crippen LogP contribution in [0, 0.1) is 28.1 Å². The molecule has 1 fully saturated rings. The van der Waals surface area contributed by atoms with Crippen LogP contribution in [0.1, 0.15) is 59.3 Å². The minimum atomic E-state index is -4.41. The molecule has 0 spiro atoms. The first kappa shape index (κ1) is 20.6. The Bertz CT molecular complexity index is 784. The van der Waals surface area contributed by atoms with Crippen molar-refractivity contribution in [3.8, 4) is 0 Å². The summed E-state index contributed by atoms with van der Waals surface area (Å²) in [6.45, 7) is 6.15. The van der Waals surface area contributed by atoms with Gasteiger partial charge in [-0.05, 0) is 67.3 Å². The lowest BCUT2D eigenvalue weighted by molar-refractivity contribution is -0.159. The highest BCUT2D eigenvalue weighted by atomic mass is 32.3. The summed E-state index contributed by atoms with van der Waals surface area (Å²) in [5, 5.41) is 9.86. The Balaban J connectivity index is 1.87. The van der Waals surface area contributed by atoms with E-state index in [1.165, 1.54) is 5.57 Å². The Labute approximate surface area is 161 Å². The van der Waals surface area contributed by atoms with Crippen LogP contribution in [0.5, 0.6) is 0 Å². The molecule has 0 aromatic rings. The van der Waals surface area contributed by atoms with Crippen molar-refractivity contribution in [2.45, 2.75) is 59.3 Å². The van der Waals surface area contributed by atoms with E-state index in [9.17, 15) is 18.3 Å². The van der Waals surface area contributed by atoms with Gasteiger partial charge in [-0.1, -0.05) is 38.5 Å². The number of fused-ring (bicyclic) bond motifs is 3. The SMILES string of the molecule is CC1(CCOS(=O)(=O)O)C=C2C=CC3C(C)(C(=O)O)CCCC3(C)C2CC1. The summed E-state index contributed by atoms with van der Waals surface area (Å²) in [6.07, 6.45) is 11.4. The summed E-state index contributed by atoms with van der Waals surface area (Å²) < 4.78 is 34.8. The maximum absolute atomic E-state index is 12.0. The van der Waals surface area contributed by atoms with E-state index in [1.54, 1.807) is 0 Å². The van der Waals surface area contributed by atoms with Crippen LogP contribution >= 0.6 is 0 Å². The number of hydrogen-bond acceptors (Lipinski definition) is 4. The molecule has 6 nitrogen and oxygen atoms in total. The van der Waals surface area contributed by atoms with E-state index in [2.05, 4.69) is 36.3 Å². The van der Waals surface area contributed by atoms with Gasteiger partial charge in [-0.25, -0.2) is 4.18 Å². The number of aliphatic carboxylic acids is 1. The lowest BCUT2D eigenvalue weighted by Gasteiger charge is -2.56. The molecule has 3 aliphatic carbocycles. The van der Waals surface area contributed by atoms with Gasteiger partial charge < -0.3 is 5.11 Å². The van der Waals surface area contributed by atoms with Crippen LogP contribution in [0.3, 0.4) is 0 Å². The van der Waals surface area contributed by atoms with Gasteiger partial charge in [-0.2, -0.15) is 8.42 Å². The quantitative estimate of drug-likeness (QED) is 0.679. The number of allylic oxidation sites excluding steroid dienone is 4. The topological polar surface area (TPSA) is 101 Å². The van der Waals surface area contributed by atoms with Gasteiger partial charge in [-0.3, -0.25) is 9.35 Å². The molecule has 0 saturated heterocycles. The van der Waals surface area contributed by atoms with E-state index in [-0.39, 0.29) is 23.4 Å². The lowest BCUT2D eigenvalue weighted by Crippen LogP contribution is -2.52. The molecule has 5 atom stereocenters. The third-order valence-electron chi connectivity index (χ3n) is 7.40. The molecule has 3 aliphatic rings.